The first-order chi connectivity index (χ1) is 12.1. The number of benzene rings is 1. The van der Waals surface area contributed by atoms with Gasteiger partial charge in [-0.25, -0.2) is 8.42 Å². The van der Waals surface area contributed by atoms with E-state index in [1.54, 1.807) is 4.90 Å². The van der Waals surface area contributed by atoms with Gasteiger partial charge in [-0.2, -0.15) is 4.31 Å². The van der Waals surface area contributed by atoms with Crippen LogP contribution < -0.4 is 0 Å². The van der Waals surface area contributed by atoms with Crippen LogP contribution in [0.1, 0.15) is 17.3 Å². The Hall–Kier alpha value is -2.46. The minimum absolute atomic E-state index is 0.0386. The number of hydrogen-bond donors (Lipinski definition) is 1. The van der Waals surface area contributed by atoms with Crippen LogP contribution in [0, 0.1) is 0 Å². The Morgan fingerprint density at radius 1 is 1.15 bits per heavy atom. The molecule has 0 aromatic heterocycles. The number of carboxylic acids is 1. The summed E-state index contributed by atoms with van der Waals surface area (Å²) in [6.45, 7) is 1.94. The summed E-state index contributed by atoms with van der Waals surface area (Å²) in [6.07, 6.45) is 0. The van der Waals surface area contributed by atoms with Gasteiger partial charge in [0.1, 0.15) is 6.54 Å². The molecule has 1 fully saturated rings. The molecule has 0 radical (unpaired) electrons. The SMILES string of the molecule is CC(=O)N1CCN(S(=O)(=O)c2cccc(C(=O)N(C)CC(=O)O)c2)CC1. The van der Waals surface area contributed by atoms with E-state index < -0.39 is 28.4 Å². The Bertz CT molecular complexity index is 815. The molecule has 0 unspecified atom stereocenters. The van der Waals surface area contributed by atoms with Crippen LogP contribution in [0.4, 0.5) is 0 Å². The van der Waals surface area contributed by atoms with Gasteiger partial charge >= 0.3 is 5.97 Å². The molecule has 0 saturated carbocycles. The number of rotatable bonds is 5. The van der Waals surface area contributed by atoms with Crippen LogP contribution in [-0.2, 0) is 19.6 Å². The number of piperazine rings is 1. The zero-order chi connectivity index (χ0) is 19.5. The van der Waals surface area contributed by atoms with Crippen molar-refractivity contribution in [3.05, 3.63) is 29.8 Å². The van der Waals surface area contributed by atoms with Gasteiger partial charge in [0.2, 0.25) is 15.9 Å². The molecule has 0 atom stereocenters. The highest BCUT2D eigenvalue weighted by Gasteiger charge is 2.29. The van der Waals surface area contributed by atoms with Gasteiger partial charge in [0.25, 0.3) is 5.91 Å². The Balaban J connectivity index is 2.19. The lowest BCUT2D eigenvalue weighted by Gasteiger charge is -2.33. The highest BCUT2D eigenvalue weighted by molar-refractivity contribution is 7.89. The van der Waals surface area contributed by atoms with Gasteiger partial charge < -0.3 is 14.9 Å². The van der Waals surface area contributed by atoms with E-state index >= 15 is 0 Å². The van der Waals surface area contributed by atoms with E-state index in [1.807, 2.05) is 0 Å². The Morgan fingerprint density at radius 3 is 2.31 bits per heavy atom. The lowest BCUT2D eigenvalue weighted by Crippen LogP contribution is -2.49. The van der Waals surface area contributed by atoms with Gasteiger partial charge in [-0.1, -0.05) is 6.07 Å². The maximum atomic E-state index is 12.8. The molecule has 1 aromatic rings. The maximum Gasteiger partial charge on any atom is 0.323 e. The predicted octanol–water partition coefficient (Wildman–Crippen LogP) is -0.304. The minimum atomic E-state index is -3.81. The first kappa shape index (κ1) is 19.9. The largest absolute Gasteiger partial charge is 0.480 e. The number of likely N-dealkylation sites (N-methyl/N-ethyl adjacent to an activating group) is 1. The molecule has 1 aromatic carbocycles. The third-order valence-corrected chi connectivity index (χ3v) is 6.02. The molecule has 0 aliphatic carbocycles. The average molecular weight is 383 g/mol. The molecule has 1 heterocycles. The van der Waals surface area contributed by atoms with Crippen molar-refractivity contribution in [3.8, 4) is 0 Å². The molecule has 1 aliphatic rings. The molecular formula is C16H21N3O6S. The molecule has 2 rings (SSSR count). The van der Waals surface area contributed by atoms with Crippen LogP contribution in [0.5, 0.6) is 0 Å². The average Bonchev–Trinajstić information content (AvgIpc) is 2.60. The number of nitrogens with zero attached hydrogens (tertiary/aromatic N) is 3. The Morgan fingerprint density at radius 2 is 1.77 bits per heavy atom. The first-order valence-electron chi connectivity index (χ1n) is 7.96. The number of carboxylic acid groups (broad SMARTS) is 1. The lowest BCUT2D eigenvalue weighted by atomic mass is 10.2. The van der Waals surface area contributed by atoms with E-state index in [0.717, 1.165) is 4.90 Å². The smallest absolute Gasteiger partial charge is 0.323 e. The number of carbonyl (C=O) groups excluding carboxylic acids is 2. The van der Waals surface area contributed by atoms with Crippen molar-refractivity contribution in [1.29, 1.82) is 0 Å². The van der Waals surface area contributed by atoms with Gasteiger partial charge in [0.05, 0.1) is 4.90 Å². The summed E-state index contributed by atoms with van der Waals surface area (Å²) < 4.78 is 26.9. The summed E-state index contributed by atoms with van der Waals surface area (Å²) in [6, 6.07) is 5.52. The fourth-order valence-electron chi connectivity index (χ4n) is 2.68. The fraction of sp³-hybridized carbons (Fsp3) is 0.438. The maximum absolute atomic E-state index is 12.8. The number of amides is 2. The summed E-state index contributed by atoms with van der Waals surface area (Å²) in [5.74, 6) is -1.84. The summed E-state index contributed by atoms with van der Waals surface area (Å²) in [5.41, 5.74) is 0.0946. The minimum Gasteiger partial charge on any atom is -0.480 e. The molecule has 26 heavy (non-hydrogen) atoms. The Labute approximate surface area is 151 Å². The predicted molar refractivity (Wildman–Crippen MR) is 92.1 cm³/mol. The van der Waals surface area contributed by atoms with Crippen molar-refractivity contribution in [2.24, 2.45) is 0 Å². The highest BCUT2D eigenvalue weighted by atomic mass is 32.2. The van der Waals surface area contributed by atoms with Gasteiger partial charge in [0, 0.05) is 45.7 Å². The van der Waals surface area contributed by atoms with Crippen molar-refractivity contribution < 1.29 is 27.9 Å². The molecule has 10 heteroatoms. The van der Waals surface area contributed by atoms with E-state index in [-0.39, 0.29) is 29.5 Å². The zero-order valence-corrected chi connectivity index (χ0v) is 15.4. The first-order valence-corrected chi connectivity index (χ1v) is 9.40. The van der Waals surface area contributed by atoms with Crippen molar-refractivity contribution in [2.45, 2.75) is 11.8 Å². The topological polar surface area (TPSA) is 115 Å². The van der Waals surface area contributed by atoms with E-state index in [9.17, 15) is 22.8 Å². The van der Waals surface area contributed by atoms with Crippen LogP contribution in [0.3, 0.4) is 0 Å². The van der Waals surface area contributed by atoms with E-state index in [0.29, 0.717) is 13.1 Å². The molecule has 0 bridgehead atoms. The second-order valence-corrected chi connectivity index (χ2v) is 7.93. The summed E-state index contributed by atoms with van der Waals surface area (Å²) in [4.78, 5) is 36.9. The van der Waals surface area contributed by atoms with Crippen molar-refractivity contribution in [2.75, 3.05) is 39.8 Å². The fourth-order valence-corrected chi connectivity index (χ4v) is 4.15. The van der Waals surface area contributed by atoms with Gasteiger partial charge in [-0.3, -0.25) is 14.4 Å². The second kappa shape index (κ2) is 7.83. The van der Waals surface area contributed by atoms with Gasteiger partial charge in [0.15, 0.2) is 0 Å². The molecule has 1 saturated heterocycles. The third kappa shape index (κ3) is 4.38. The monoisotopic (exact) mass is 383 g/mol. The van der Waals surface area contributed by atoms with Crippen LogP contribution in [0.15, 0.2) is 29.2 Å². The molecule has 0 spiro atoms. The molecular weight excluding hydrogens is 362 g/mol. The molecule has 2 amide bonds. The number of hydrogen-bond acceptors (Lipinski definition) is 5. The molecule has 9 nitrogen and oxygen atoms in total. The Kier molecular flexibility index (Phi) is 5.98. The standard InChI is InChI=1S/C16H21N3O6S/c1-12(20)18-6-8-19(9-7-18)26(24,25)14-5-3-4-13(10-14)16(23)17(2)11-15(21)22/h3-5,10H,6-9,11H2,1-2H3,(H,21,22). The van der Waals surface area contributed by atoms with Crippen LogP contribution in [0.25, 0.3) is 0 Å². The number of aliphatic carboxylic acids is 1. The number of sulfonamides is 1. The van der Waals surface area contributed by atoms with Crippen molar-refractivity contribution >= 4 is 27.8 Å². The van der Waals surface area contributed by atoms with Crippen LogP contribution in [-0.4, -0.2) is 85.2 Å². The van der Waals surface area contributed by atoms with Gasteiger partial charge in [-0.05, 0) is 18.2 Å². The normalized spacial score (nSPS) is 15.5. The zero-order valence-electron chi connectivity index (χ0n) is 14.6. The summed E-state index contributed by atoms with van der Waals surface area (Å²) in [5, 5.41) is 8.77. The highest BCUT2D eigenvalue weighted by Crippen LogP contribution is 2.19. The molecule has 1 aliphatic heterocycles. The molecule has 1 N–H and O–H groups in total. The molecule has 142 valence electrons. The summed E-state index contributed by atoms with van der Waals surface area (Å²) in [7, 11) is -2.48. The van der Waals surface area contributed by atoms with Crippen molar-refractivity contribution in [1.82, 2.24) is 14.1 Å². The van der Waals surface area contributed by atoms with Gasteiger partial charge in [-0.15, -0.1) is 0 Å². The third-order valence-electron chi connectivity index (χ3n) is 4.12. The van der Waals surface area contributed by atoms with E-state index in [4.69, 9.17) is 5.11 Å². The van der Waals surface area contributed by atoms with Crippen LogP contribution in [0.2, 0.25) is 0 Å². The summed E-state index contributed by atoms with van der Waals surface area (Å²) >= 11 is 0. The number of carbonyl (C=O) groups is 3. The quantitative estimate of drug-likeness (QED) is 0.746. The van der Waals surface area contributed by atoms with Crippen molar-refractivity contribution in [3.63, 3.8) is 0 Å². The lowest BCUT2D eigenvalue weighted by molar-refractivity contribution is -0.137. The van der Waals surface area contributed by atoms with Crippen LogP contribution >= 0.6 is 0 Å². The van der Waals surface area contributed by atoms with E-state index in [1.165, 1.54) is 42.5 Å². The second-order valence-electron chi connectivity index (χ2n) is 5.99. The van der Waals surface area contributed by atoms with E-state index in [2.05, 4.69) is 0 Å².